The van der Waals surface area contributed by atoms with E-state index in [-0.39, 0.29) is 52.8 Å². The fourth-order valence-electron chi connectivity index (χ4n) is 3.11. The molecule has 0 aromatic heterocycles. The van der Waals surface area contributed by atoms with Crippen molar-refractivity contribution in [2.24, 2.45) is 0 Å². The topological polar surface area (TPSA) is 112 Å². The molecule has 0 N–H and O–H groups in total. The van der Waals surface area contributed by atoms with Crippen LogP contribution in [0.4, 0.5) is 0 Å². The average Bonchev–Trinajstić information content (AvgIpc) is 3.94. The van der Waals surface area contributed by atoms with Gasteiger partial charge in [0.2, 0.25) is 0 Å². The molecule has 8 heteroatoms. The minimum atomic E-state index is -0.121. The molecule has 46 heavy (non-hydrogen) atoms. The zero-order valence-electron chi connectivity index (χ0n) is 27.3. The monoisotopic (exact) mass is 657 g/mol. The summed E-state index contributed by atoms with van der Waals surface area (Å²) >= 11 is 0. The van der Waals surface area contributed by atoms with Crippen molar-refractivity contribution in [1.82, 2.24) is 0 Å². The number of ketones is 4. The Morgan fingerprint density at radius 1 is 0.543 bits per heavy atom. The quantitative estimate of drug-likeness (QED) is 0.169. The van der Waals surface area contributed by atoms with Crippen LogP contribution >= 0.6 is 0 Å². The zero-order chi connectivity index (χ0) is 32.2. The Morgan fingerprint density at radius 2 is 0.761 bits per heavy atom. The molecule has 272 valence electrons. The second-order valence-corrected chi connectivity index (χ2v) is 9.78. The number of ether oxygens (including phenoxy) is 4. The van der Waals surface area contributed by atoms with Crippen molar-refractivity contribution in [2.75, 3.05) is 27.4 Å². The number of rotatable bonds is 10. The Labute approximate surface area is 284 Å². The molecule has 4 rings (SSSR count). The molecule has 0 aromatic rings. The lowest BCUT2D eigenvalue weighted by molar-refractivity contribution is -0.113. The van der Waals surface area contributed by atoms with E-state index >= 15 is 0 Å². The number of carbonyl (C=O) groups excluding carboxylic acids is 4. The third-order valence-electron chi connectivity index (χ3n) is 6.16. The number of allylic oxidation sites excluding steroid dienone is 8. The van der Waals surface area contributed by atoms with Crippen LogP contribution < -0.4 is 0 Å². The number of hydrogen-bond acceptors (Lipinski definition) is 8. The van der Waals surface area contributed by atoms with E-state index in [9.17, 15) is 19.2 Å². The Bertz CT molecular complexity index is 695. The van der Waals surface area contributed by atoms with Gasteiger partial charge in [-0.2, -0.15) is 0 Å². The van der Waals surface area contributed by atoms with Gasteiger partial charge < -0.3 is 18.9 Å². The first-order chi connectivity index (χ1) is 20.1. The highest BCUT2D eigenvalue weighted by Gasteiger charge is 2.18. The maximum atomic E-state index is 10.3. The van der Waals surface area contributed by atoms with Gasteiger partial charge in [-0.15, -0.1) is 0 Å². The first kappa shape index (κ1) is 55.9. The van der Waals surface area contributed by atoms with Crippen LogP contribution in [0.1, 0.15) is 123 Å². The van der Waals surface area contributed by atoms with Crippen LogP contribution in [0.25, 0.3) is 0 Å². The molecular formula is C38H72O8. The van der Waals surface area contributed by atoms with E-state index in [1.807, 2.05) is 0 Å². The van der Waals surface area contributed by atoms with Gasteiger partial charge in [-0.05, 0) is 87.1 Å². The molecule has 2 aliphatic heterocycles. The van der Waals surface area contributed by atoms with E-state index in [4.69, 9.17) is 18.9 Å². The maximum Gasteiger partial charge on any atom is 0.178 e. The molecule has 4 aliphatic rings. The first-order valence-electron chi connectivity index (χ1n) is 15.3. The highest BCUT2D eigenvalue weighted by molar-refractivity contribution is 6.14. The average molecular weight is 657 g/mol. The van der Waals surface area contributed by atoms with E-state index < -0.39 is 0 Å². The Morgan fingerprint density at radius 3 is 0.826 bits per heavy atom. The van der Waals surface area contributed by atoms with Gasteiger partial charge in [0.15, 0.2) is 23.1 Å². The van der Waals surface area contributed by atoms with E-state index in [2.05, 4.69) is 41.5 Å². The fraction of sp³-hybridized carbons (Fsp3) is 0.684. The maximum absolute atomic E-state index is 10.3. The molecule has 2 fully saturated rings. The summed E-state index contributed by atoms with van der Waals surface area (Å²) in [5.74, 6) is -0.483. The molecular weight excluding hydrogens is 584 g/mol. The lowest BCUT2D eigenvalue weighted by Gasteiger charge is -2.09. The van der Waals surface area contributed by atoms with Crippen LogP contribution in [0, 0.1) is 0 Å². The van der Waals surface area contributed by atoms with Gasteiger partial charge in [0.25, 0.3) is 0 Å². The van der Waals surface area contributed by atoms with Crippen LogP contribution in [0.15, 0.2) is 48.6 Å². The minimum Gasteiger partial charge on any atom is -0.381 e. The summed E-state index contributed by atoms with van der Waals surface area (Å²) in [6, 6.07) is 0. The zero-order valence-corrected chi connectivity index (χ0v) is 27.3. The van der Waals surface area contributed by atoms with Crippen molar-refractivity contribution in [3.8, 4) is 0 Å². The number of epoxide rings is 2. The Kier molecular flexibility index (Phi) is 46.9. The van der Waals surface area contributed by atoms with Crippen LogP contribution in [0.3, 0.4) is 0 Å². The molecule has 0 bridgehead atoms. The van der Waals surface area contributed by atoms with Crippen molar-refractivity contribution >= 4 is 23.1 Å². The number of hydrogen-bond donors (Lipinski definition) is 0. The predicted octanol–water partition coefficient (Wildman–Crippen LogP) is 9.06. The van der Waals surface area contributed by atoms with Crippen LogP contribution in [-0.2, 0) is 38.1 Å². The summed E-state index contributed by atoms with van der Waals surface area (Å²) in [7, 11) is 3.56. The van der Waals surface area contributed by atoms with E-state index in [1.165, 1.54) is 87.1 Å². The molecule has 0 spiro atoms. The molecule has 4 unspecified atom stereocenters. The highest BCUT2D eigenvalue weighted by Crippen LogP contribution is 2.11. The largest absolute Gasteiger partial charge is 0.381 e. The summed E-state index contributed by atoms with van der Waals surface area (Å²) < 4.78 is 20.0. The van der Waals surface area contributed by atoms with Crippen LogP contribution in [-0.4, -0.2) is 75.0 Å². The van der Waals surface area contributed by atoms with Gasteiger partial charge >= 0.3 is 0 Å². The van der Waals surface area contributed by atoms with Crippen molar-refractivity contribution < 1.29 is 38.1 Å². The van der Waals surface area contributed by atoms with Gasteiger partial charge in [-0.3, -0.25) is 19.2 Å². The number of methoxy groups -OCH3 is 2. The van der Waals surface area contributed by atoms with Gasteiger partial charge in [0.1, 0.15) is 0 Å². The molecule has 4 atom stereocenters. The molecule has 0 radical (unpaired) electrons. The third kappa shape index (κ3) is 39.5. The van der Waals surface area contributed by atoms with E-state index in [1.54, 1.807) is 14.2 Å². The molecule has 0 aromatic carbocycles. The summed E-state index contributed by atoms with van der Waals surface area (Å²) in [5, 5.41) is 0. The van der Waals surface area contributed by atoms with Gasteiger partial charge in [-0.25, -0.2) is 0 Å². The van der Waals surface area contributed by atoms with Crippen molar-refractivity contribution in [3.05, 3.63) is 48.6 Å². The lowest BCUT2D eigenvalue weighted by Crippen LogP contribution is -2.07. The number of carbonyl (C=O) groups is 4. The summed E-state index contributed by atoms with van der Waals surface area (Å²) in [6.45, 7) is 15.0. The first-order valence-corrected chi connectivity index (χ1v) is 15.3. The molecule has 2 saturated heterocycles. The van der Waals surface area contributed by atoms with Crippen LogP contribution in [0.2, 0.25) is 0 Å². The highest BCUT2D eigenvalue weighted by atomic mass is 16.6. The predicted molar refractivity (Wildman–Crippen MR) is 196 cm³/mol. The third-order valence-corrected chi connectivity index (χ3v) is 6.16. The van der Waals surface area contributed by atoms with Crippen molar-refractivity contribution in [1.29, 1.82) is 0 Å². The second-order valence-electron chi connectivity index (χ2n) is 9.78. The summed E-state index contributed by atoms with van der Waals surface area (Å²) in [6.07, 6.45) is 21.8. The summed E-state index contributed by atoms with van der Waals surface area (Å²) in [5.41, 5.74) is 0. The SMILES string of the molecule is C.C.C.C.CCC1CO1.CCC1CO1.CCCC(CC)OC.CCCC(CC)OC.O=C1C=CC(=O)C=C1.O=C1C=CC(=O)C=C1. The van der Waals surface area contributed by atoms with Gasteiger partial charge in [0.05, 0.1) is 37.6 Å². The molecule has 2 heterocycles. The Hall–Kier alpha value is -2.52. The van der Waals surface area contributed by atoms with Crippen LogP contribution in [0.5, 0.6) is 0 Å². The lowest BCUT2D eigenvalue weighted by atomic mass is 10.2. The van der Waals surface area contributed by atoms with Gasteiger partial charge in [-0.1, -0.05) is 84.1 Å². The second kappa shape index (κ2) is 38.7. The summed E-state index contributed by atoms with van der Waals surface area (Å²) in [4.78, 5) is 41.1. The molecule has 2 aliphatic carbocycles. The molecule has 0 amide bonds. The molecule has 0 saturated carbocycles. The molecule has 8 nitrogen and oxygen atoms in total. The normalized spacial score (nSPS) is 18.3. The minimum absolute atomic E-state index is 0. The fourth-order valence-corrected chi connectivity index (χ4v) is 3.11. The van der Waals surface area contributed by atoms with Crippen molar-refractivity contribution in [2.45, 2.75) is 147 Å². The van der Waals surface area contributed by atoms with E-state index in [0.717, 1.165) is 26.1 Å². The standard InChI is InChI=1S/2C7H16O.2C6H4O2.2C4H8O.4CH4/c2*1-4-6-7(5-2)8-3;2*7-5-1-2-6(8)4-3-5;2*1-2-4-3-5-4;;;;/h2*7H,4-6H2,1-3H3;2*1-4H;2*4H,2-3H2,1H3;4*1H4. The van der Waals surface area contributed by atoms with Crippen molar-refractivity contribution in [3.63, 3.8) is 0 Å². The smallest absolute Gasteiger partial charge is 0.178 e. The van der Waals surface area contributed by atoms with Gasteiger partial charge in [0, 0.05) is 14.2 Å². The Balaban J connectivity index is -0.000000103. The van der Waals surface area contributed by atoms with E-state index in [0.29, 0.717) is 24.4 Å².